The molecule has 3 nitrogen and oxygen atoms in total. The molecular formula is C12H10BrFN2O. The lowest BCUT2D eigenvalue weighted by molar-refractivity contribution is 0.434. The van der Waals surface area contributed by atoms with Gasteiger partial charge in [0.05, 0.1) is 0 Å². The summed E-state index contributed by atoms with van der Waals surface area (Å²) in [6.07, 6.45) is 0. The SMILES string of the molecule is Cc1cc(C)nc(Oc2cc(F)cc(Br)c2)n1. The molecular weight excluding hydrogens is 287 g/mol. The first-order valence-corrected chi connectivity index (χ1v) is 5.78. The number of hydrogen-bond acceptors (Lipinski definition) is 3. The van der Waals surface area contributed by atoms with Crippen molar-refractivity contribution in [3.05, 3.63) is 45.9 Å². The molecule has 0 spiro atoms. The molecule has 0 saturated carbocycles. The van der Waals surface area contributed by atoms with Crippen molar-refractivity contribution in [2.24, 2.45) is 0 Å². The lowest BCUT2D eigenvalue weighted by Crippen LogP contribution is -1.96. The highest BCUT2D eigenvalue weighted by Crippen LogP contribution is 2.24. The van der Waals surface area contributed by atoms with Gasteiger partial charge < -0.3 is 4.74 Å². The van der Waals surface area contributed by atoms with Crippen LogP contribution >= 0.6 is 15.9 Å². The van der Waals surface area contributed by atoms with Gasteiger partial charge in [-0.1, -0.05) is 15.9 Å². The molecule has 0 N–H and O–H groups in total. The maximum atomic E-state index is 13.1. The first kappa shape index (κ1) is 12.0. The lowest BCUT2D eigenvalue weighted by Gasteiger charge is -2.06. The summed E-state index contributed by atoms with van der Waals surface area (Å²) in [6.45, 7) is 3.70. The first-order chi connectivity index (χ1) is 8.02. The monoisotopic (exact) mass is 296 g/mol. The Bertz CT molecular complexity index is 470. The van der Waals surface area contributed by atoms with Gasteiger partial charge in [-0.2, -0.15) is 0 Å². The Morgan fingerprint density at radius 3 is 2.29 bits per heavy atom. The molecule has 1 aromatic heterocycles. The largest absolute Gasteiger partial charge is 0.424 e. The van der Waals surface area contributed by atoms with Crippen LogP contribution < -0.4 is 4.74 Å². The maximum Gasteiger partial charge on any atom is 0.322 e. The van der Waals surface area contributed by atoms with Crippen LogP contribution in [-0.2, 0) is 0 Å². The van der Waals surface area contributed by atoms with Gasteiger partial charge in [0.25, 0.3) is 0 Å². The third-order valence-corrected chi connectivity index (χ3v) is 2.46. The Morgan fingerprint density at radius 1 is 1.06 bits per heavy atom. The van der Waals surface area contributed by atoms with E-state index in [0.29, 0.717) is 10.2 Å². The van der Waals surface area contributed by atoms with Crippen molar-refractivity contribution >= 4 is 15.9 Å². The van der Waals surface area contributed by atoms with Crippen molar-refractivity contribution in [3.63, 3.8) is 0 Å². The van der Waals surface area contributed by atoms with E-state index >= 15 is 0 Å². The Hall–Kier alpha value is -1.49. The summed E-state index contributed by atoms with van der Waals surface area (Å²) in [7, 11) is 0. The highest BCUT2D eigenvalue weighted by atomic mass is 79.9. The van der Waals surface area contributed by atoms with Gasteiger partial charge in [-0.05, 0) is 32.0 Å². The van der Waals surface area contributed by atoms with Crippen molar-refractivity contribution in [1.82, 2.24) is 9.97 Å². The number of aromatic nitrogens is 2. The van der Waals surface area contributed by atoms with Crippen LogP contribution in [0.1, 0.15) is 11.4 Å². The molecule has 2 aromatic rings. The number of benzene rings is 1. The van der Waals surface area contributed by atoms with E-state index in [1.807, 2.05) is 19.9 Å². The minimum atomic E-state index is -0.376. The minimum absolute atomic E-state index is 0.222. The standard InChI is InChI=1S/C12H10BrFN2O/c1-7-3-8(2)16-12(15-7)17-11-5-9(13)4-10(14)6-11/h3-6H,1-2H3. The predicted octanol–water partition coefficient (Wildman–Crippen LogP) is 3.79. The fraction of sp³-hybridized carbons (Fsp3) is 0.167. The Labute approximate surface area is 107 Å². The van der Waals surface area contributed by atoms with E-state index in [1.54, 1.807) is 6.07 Å². The molecule has 0 aliphatic heterocycles. The Morgan fingerprint density at radius 2 is 1.71 bits per heavy atom. The summed E-state index contributed by atoms with van der Waals surface area (Å²) >= 11 is 3.19. The van der Waals surface area contributed by atoms with Gasteiger partial charge in [0, 0.05) is 21.9 Å². The molecule has 0 saturated heterocycles. The highest BCUT2D eigenvalue weighted by Gasteiger charge is 2.05. The van der Waals surface area contributed by atoms with Gasteiger partial charge in [-0.25, -0.2) is 14.4 Å². The summed E-state index contributed by atoms with van der Waals surface area (Å²) < 4.78 is 19.2. The summed E-state index contributed by atoms with van der Waals surface area (Å²) in [5.74, 6) is -0.0133. The zero-order chi connectivity index (χ0) is 12.4. The molecule has 88 valence electrons. The molecule has 0 aliphatic carbocycles. The van der Waals surface area contributed by atoms with Crippen molar-refractivity contribution in [3.8, 4) is 11.8 Å². The number of rotatable bonds is 2. The van der Waals surface area contributed by atoms with Gasteiger partial charge >= 0.3 is 6.01 Å². The molecule has 5 heteroatoms. The normalized spacial score (nSPS) is 10.4. The fourth-order valence-corrected chi connectivity index (χ4v) is 1.88. The topological polar surface area (TPSA) is 35.0 Å². The molecule has 0 amide bonds. The van der Waals surface area contributed by atoms with Crippen molar-refractivity contribution in [1.29, 1.82) is 0 Å². The van der Waals surface area contributed by atoms with Crippen LogP contribution in [0.4, 0.5) is 4.39 Å². The number of halogens is 2. The third kappa shape index (κ3) is 3.23. The summed E-state index contributed by atoms with van der Waals surface area (Å²) in [6, 6.07) is 6.36. The molecule has 0 radical (unpaired) electrons. The molecule has 0 atom stereocenters. The zero-order valence-corrected chi connectivity index (χ0v) is 11.0. The quantitative estimate of drug-likeness (QED) is 0.846. The molecule has 0 unspecified atom stereocenters. The Kier molecular flexibility index (Phi) is 3.38. The number of aryl methyl sites for hydroxylation is 2. The van der Waals surface area contributed by atoms with E-state index in [4.69, 9.17) is 4.74 Å². The van der Waals surface area contributed by atoms with E-state index in [2.05, 4.69) is 25.9 Å². The van der Waals surface area contributed by atoms with Crippen LogP contribution in [0.3, 0.4) is 0 Å². The third-order valence-electron chi connectivity index (χ3n) is 2.01. The van der Waals surface area contributed by atoms with Crippen LogP contribution in [0, 0.1) is 19.7 Å². The second-order valence-electron chi connectivity index (χ2n) is 3.64. The van der Waals surface area contributed by atoms with Crippen LogP contribution in [0.15, 0.2) is 28.7 Å². The molecule has 0 fully saturated rings. The van der Waals surface area contributed by atoms with E-state index in [9.17, 15) is 4.39 Å². The Balaban J connectivity index is 2.31. The van der Waals surface area contributed by atoms with E-state index in [0.717, 1.165) is 11.4 Å². The van der Waals surface area contributed by atoms with Gasteiger partial charge in [-0.15, -0.1) is 0 Å². The second-order valence-corrected chi connectivity index (χ2v) is 4.56. The van der Waals surface area contributed by atoms with Crippen molar-refractivity contribution in [2.45, 2.75) is 13.8 Å². The molecule has 0 aliphatic rings. The van der Waals surface area contributed by atoms with Gasteiger partial charge in [0.2, 0.25) is 0 Å². The van der Waals surface area contributed by atoms with E-state index in [-0.39, 0.29) is 11.8 Å². The number of hydrogen-bond donors (Lipinski definition) is 0. The van der Waals surface area contributed by atoms with E-state index in [1.165, 1.54) is 12.1 Å². The lowest BCUT2D eigenvalue weighted by atomic mass is 10.3. The molecule has 17 heavy (non-hydrogen) atoms. The zero-order valence-electron chi connectivity index (χ0n) is 9.37. The summed E-state index contributed by atoms with van der Waals surface area (Å²) in [5.41, 5.74) is 1.62. The minimum Gasteiger partial charge on any atom is -0.424 e. The second kappa shape index (κ2) is 4.79. The summed E-state index contributed by atoms with van der Waals surface area (Å²) in [4.78, 5) is 8.24. The molecule has 2 rings (SSSR count). The fourth-order valence-electron chi connectivity index (χ4n) is 1.43. The van der Waals surface area contributed by atoms with Crippen LogP contribution in [0.25, 0.3) is 0 Å². The molecule has 1 heterocycles. The highest BCUT2D eigenvalue weighted by molar-refractivity contribution is 9.10. The van der Waals surface area contributed by atoms with Gasteiger partial charge in [0.1, 0.15) is 11.6 Å². The van der Waals surface area contributed by atoms with Crippen LogP contribution in [0.5, 0.6) is 11.8 Å². The summed E-state index contributed by atoms with van der Waals surface area (Å²) in [5, 5.41) is 0. The van der Waals surface area contributed by atoms with E-state index < -0.39 is 0 Å². The average molecular weight is 297 g/mol. The maximum absolute atomic E-state index is 13.1. The van der Waals surface area contributed by atoms with Crippen molar-refractivity contribution in [2.75, 3.05) is 0 Å². The predicted molar refractivity (Wildman–Crippen MR) is 65.7 cm³/mol. The van der Waals surface area contributed by atoms with Gasteiger partial charge in [0.15, 0.2) is 0 Å². The number of ether oxygens (including phenoxy) is 1. The first-order valence-electron chi connectivity index (χ1n) is 4.99. The van der Waals surface area contributed by atoms with Crippen molar-refractivity contribution < 1.29 is 9.13 Å². The molecule has 1 aromatic carbocycles. The smallest absolute Gasteiger partial charge is 0.322 e. The molecule has 0 bridgehead atoms. The van der Waals surface area contributed by atoms with Gasteiger partial charge in [-0.3, -0.25) is 0 Å². The van der Waals surface area contributed by atoms with Crippen LogP contribution in [0.2, 0.25) is 0 Å². The average Bonchev–Trinajstić information content (AvgIpc) is 2.13. The van der Waals surface area contributed by atoms with Crippen LogP contribution in [-0.4, -0.2) is 9.97 Å². The number of nitrogens with zero attached hydrogens (tertiary/aromatic N) is 2.